The predicted octanol–water partition coefficient (Wildman–Crippen LogP) is 3.82. The number of fused-ring (bicyclic) bond motifs is 1. The summed E-state index contributed by atoms with van der Waals surface area (Å²) in [6, 6.07) is 6.91. The van der Waals surface area contributed by atoms with Crippen LogP contribution in [0.25, 0.3) is 0 Å². The van der Waals surface area contributed by atoms with E-state index in [1.165, 1.54) is 11.1 Å². The molecule has 1 N–H and O–H groups in total. The van der Waals surface area contributed by atoms with Crippen molar-refractivity contribution in [2.75, 3.05) is 20.3 Å². The second-order valence-corrected chi connectivity index (χ2v) is 8.31. The topological polar surface area (TPSA) is 69.4 Å². The first-order valence-corrected chi connectivity index (χ1v) is 10.5. The van der Waals surface area contributed by atoms with Crippen molar-refractivity contribution < 1.29 is 14.0 Å². The van der Waals surface area contributed by atoms with E-state index < -0.39 is 0 Å². The Balaban J connectivity index is 1.53. The van der Waals surface area contributed by atoms with E-state index in [1.807, 2.05) is 0 Å². The number of ether oxygens (including phenoxy) is 2. The van der Waals surface area contributed by atoms with Gasteiger partial charge in [-0.25, -0.2) is 0 Å². The van der Waals surface area contributed by atoms with Crippen molar-refractivity contribution in [2.45, 2.75) is 64.0 Å². The van der Waals surface area contributed by atoms with Crippen LogP contribution in [-0.2, 0) is 17.6 Å². The lowest BCUT2D eigenvalue weighted by Crippen LogP contribution is -2.41. The zero-order valence-corrected chi connectivity index (χ0v) is 17.1. The summed E-state index contributed by atoms with van der Waals surface area (Å²) in [5.74, 6) is 3.17. The number of hydrogen-bond acceptors (Lipinski definition) is 6. The summed E-state index contributed by atoms with van der Waals surface area (Å²) in [6.07, 6.45) is 5.24. The minimum absolute atomic E-state index is 0.0843. The van der Waals surface area contributed by atoms with E-state index in [2.05, 4.69) is 42.5 Å². The van der Waals surface area contributed by atoms with Crippen LogP contribution in [0.4, 0.5) is 0 Å². The average Bonchev–Trinajstić information content (AvgIpc) is 3.22. The molecule has 0 amide bonds. The van der Waals surface area contributed by atoms with Gasteiger partial charge in [-0.1, -0.05) is 25.1 Å². The highest BCUT2D eigenvalue weighted by atomic mass is 16.5. The third-order valence-electron chi connectivity index (χ3n) is 6.03. The molecule has 6 heteroatoms. The van der Waals surface area contributed by atoms with Crippen molar-refractivity contribution in [2.24, 2.45) is 5.92 Å². The van der Waals surface area contributed by atoms with Crippen LogP contribution in [0.1, 0.15) is 67.9 Å². The maximum atomic E-state index is 5.70. The van der Waals surface area contributed by atoms with Crippen molar-refractivity contribution >= 4 is 0 Å². The Morgan fingerprint density at radius 2 is 1.96 bits per heavy atom. The molecule has 2 aliphatic rings. The molecule has 6 nitrogen and oxygen atoms in total. The zero-order valence-electron chi connectivity index (χ0n) is 17.1. The van der Waals surface area contributed by atoms with Crippen molar-refractivity contribution in [3.63, 3.8) is 0 Å². The quantitative estimate of drug-likeness (QED) is 0.815. The molecule has 28 heavy (non-hydrogen) atoms. The summed E-state index contributed by atoms with van der Waals surface area (Å²) in [6.45, 7) is 5.80. The molecule has 0 spiro atoms. The van der Waals surface area contributed by atoms with Crippen molar-refractivity contribution in [1.82, 2.24) is 15.5 Å². The fourth-order valence-corrected chi connectivity index (χ4v) is 4.32. The van der Waals surface area contributed by atoms with Gasteiger partial charge in [0, 0.05) is 25.2 Å². The first kappa shape index (κ1) is 19.4. The highest BCUT2D eigenvalue weighted by molar-refractivity contribution is 5.38. The summed E-state index contributed by atoms with van der Waals surface area (Å²) in [7, 11) is 1.73. The molecular formula is C22H31N3O3. The predicted molar refractivity (Wildman–Crippen MR) is 107 cm³/mol. The highest BCUT2D eigenvalue weighted by Crippen LogP contribution is 2.33. The Labute approximate surface area is 167 Å². The summed E-state index contributed by atoms with van der Waals surface area (Å²) < 4.78 is 16.7. The third kappa shape index (κ3) is 4.23. The van der Waals surface area contributed by atoms with Crippen LogP contribution in [0.2, 0.25) is 0 Å². The van der Waals surface area contributed by atoms with Gasteiger partial charge in [-0.15, -0.1) is 0 Å². The van der Waals surface area contributed by atoms with Gasteiger partial charge in [-0.05, 0) is 61.3 Å². The van der Waals surface area contributed by atoms with Crippen LogP contribution < -0.4 is 10.1 Å². The monoisotopic (exact) mass is 385 g/mol. The number of methoxy groups -OCH3 is 1. The van der Waals surface area contributed by atoms with Crippen LogP contribution in [-0.4, -0.2) is 36.5 Å². The molecule has 1 aromatic carbocycles. The minimum Gasteiger partial charge on any atom is -0.497 e. The molecule has 4 rings (SSSR count). The zero-order chi connectivity index (χ0) is 19.5. The minimum atomic E-state index is 0.0843. The number of nitrogens with zero attached hydrogens (tertiary/aromatic N) is 2. The maximum absolute atomic E-state index is 5.70. The lowest BCUT2D eigenvalue weighted by molar-refractivity contribution is 0.0464. The summed E-state index contributed by atoms with van der Waals surface area (Å²) in [5, 5.41) is 8.09. The smallest absolute Gasteiger partial charge is 0.244 e. The van der Waals surface area contributed by atoms with Gasteiger partial charge in [0.25, 0.3) is 0 Å². The van der Waals surface area contributed by atoms with E-state index in [-0.39, 0.29) is 12.0 Å². The highest BCUT2D eigenvalue weighted by Gasteiger charge is 2.33. The Morgan fingerprint density at radius 3 is 2.68 bits per heavy atom. The molecule has 2 aromatic rings. The number of hydrogen-bond donors (Lipinski definition) is 1. The summed E-state index contributed by atoms with van der Waals surface area (Å²) >= 11 is 0. The Bertz CT molecular complexity index is 783. The Kier molecular flexibility index (Phi) is 5.97. The van der Waals surface area contributed by atoms with Gasteiger partial charge in [-0.2, -0.15) is 4.98 Å². The Morgan fingerprint density at radius 1 is 1.14 bits per heavy atom. The fourth-order valence-electron chi connectivity index (χ4n) is 4.32. The molecule has 0 radical (unpaired) electrons. The van der Waals surface area contributed by atoms with Gasteiger partial charge in [0.05, 0.1) is 13.2 Å². The number of nitrogens with one attached hydrogen (secondary N) is 1. The lowest BCUT2D eigenvalue weighted by atomic mass is 9.85. The molecule has 2 atom stereocenters. The van der Waals surface area contributed by atoms with E-state index >= 15 is 0 Å². The molecule has 1 saturated heterocycles. The molecule has 1 aliphatic carbocycles. The molecule has 1 aromatic heterocycles. The van der Waals surface area contributed by atoms with Crippen LogP contribution in [0, 0.1) is 5.92 Å². The van der Waals surface area contributed by atoms with Crippen molar-refractivity contribution in [3.05, 3.63) is 41.0 Å². The van der Waals surface area contributed by atoms with Gasteiger partial charge < -0.3 is 19.3 Å². The standard InChI is InChI=1S/C22H31N3O3/c1-14(2)21-24-22(28-25-21)20(16-8-10-27-11-9-16)23-18-6-4-15-5-7-19(26-3)13-17(15)12-18/h5,7,13-14,16,18,20,23H,4,6,8-12H2,1-3H3. The first-order valence-electron chi connectivity index (χ1n) is 10.5. The summed E-state index contributed by atoms with van der Waals surface area (Å²) in [5.41, 5.74) is 2.81. The van der Waals surface area contributed by atoms with Gasteiger partial charge >= 0.3 is 0 Å². The number of rotatable bonds is 6. The largest absolute Gasteiger partial charge is 0.497 e. The number of benzene rings is 1. The molecule has 2 heterocycles. The third-order valence-corrected chi connectivity index (χ3v) is 6.03. The van der Waals surface area contributed by atoms with Crippen LogP contribution in [0.15, 0.2) is 22.7 Å². The van der Waals surface area contributed by atoms with Crippen molar-refractivity contribution in [1.29, 1.82) is 0 Å². The van der Waals surface area contributed by atoms with Gasteiger partial charge in [0.1, 0.15) is 5.75 Å². The van der Waals surface area contributed by atoms with Gasteiger partial charge in [0.15, 0.2) is 5.82 Å². The molecule has 2 unspecified atom stereocenters. The molecule has 152 valence electrons. The second kappa shape index (κ2) is 8.62. The molecule has 1 aliphatic heterocycles. The van der Waals surface area contributed by atoms with Gasteiger partial charge in [-0.3, -0.25) is 0 Å². The van der Waals surface area contributed by atoms with E-state index in [9.17, 15) is 0 Å². The SMILES string of the molecule is COc1ccc2c(c1)CC(NC(c1nc(C(C)C)no1)C1CCOCC1)CC2. The molecule has 1 fully saturated rings. The maximum Gasteiger partial charge on any atom is 0.244 e. The fraction of sp³-hybridized carbons (Fsp3) is 0.636. The molecule has 0 bridgehead atoms. The number of aromatic nitrogens is 2. The van der Waals surface area contributed by atoms with Gasteiger partial charge in [0.2, 0.25) is 5.89 Å². The Hall–Kier alpha value is -1.92. The average molecular weight is 386 g/mol. The van der Waals surface area contributed by atoms with E-state index in [1.54, 1.807) is 7.11 Å². The van der Waals surface area contributed by atoms with Crippen LogP contribution in [0.5, 0.6) is 5.75 Å². The van der Waals surface area contributed by atoms with E-state index in [0.717, 1.165) is 62.8 Å². The molecule has 0 saturated carbocycles. The van der Waals surface area contributed by atoms with Crippen LogP contribution >= 0.6 is 0 Å². The number of aryl methyl sites for hydroxylation is 1. The van der Waals surface area contributed by atoms with Crippen molar-refractivity contribution in [3.8, 4) is 5.75 Å². The molecular weight excluding hydrogens is 354 g/mol. The lowest BCUT2D eigenvalue weighted by Gasteiger charge is -2.34. The first-order chi connectivity index (χ1) is 13.6. The second-order valence-electron chi connectivity index (χ2n) is 8.31. The van der Waals surface area contributed by atoms with Crippen LogP contribution in [0.3, 0.4) is 0 Å². The van der Waals surface area contributed by atoms with E-state index in [0.29, 0.717) is 12.0 Å². The summed E-state index contributed by atoms with van der Waals surface area (Å²) in [4.78, 5) is 4.72. The normalized spacial score (nSPS) is 21.5. The van der Waals surface area contributed by atoms with E-state index in [4.69, 9.17) is 19.0 Å².